The Kier molecular flexibility index (Phi) is 3.57. The van der Waals surface area contributed by atoms with Crippen molar-refractivity contribution in [1.82, 2.24) is 15.0 Å². The van der Waals surface area contributed by atoms with E-state index in [0.29, 0.717) is 24.3 Å². The minimum atomic E-state index is -0.420. The first kappa shape index (κ1) is 14.3. The van der Waals surface area contributed by atoms with E-state index in [4.69, 9.17) is 4.52 Å². The summed E-state index contributed by atoms with van der Waals surface area (Å²) >= 11 is 0. The van der Waals surface area contributed by atoms with Gasteiger partial charge < -0.3 is 4.52 Å². The second-order valence-electron chi connectivity index (χ2n) is 6.42. The number of aromatic nitrogens is 2. The van der Waals surface area contributed by atoms with E-state index >= 15 is 0 Å². The third-order valence-electron chi connectivity index (χ3n) is 4.40. The molecule has 0 unspecified atom stereocenters. The van der Waals surface area contributed by atoms with Crippen molar-refractivity contribution in [1.29, 1.82) is 0 Å². The lowest BCUT2D eigenvalue weighted by Crippen LogP contribution is -2.27. The van der Waals surface area contributed by atoms with Gasteiger partial charge in [-0.15, -0.1) is 0 Å². The molecule has 1 aromatic carbocycles. The second-order valence-corrected chi connectivity index (χ2v) is 6.42. The normalized spacial score (nSPS) is 17.6. The molecule has 0 radical (unpaired) electrons. The molecule has 0 atom stereocenters. The zero-order valence-electron chi connectivity index (χ0n) is 12.7. The smallest absolute Gasteiger partial charge is 0.269 e. The predicted molar refractivity (Wildman–Crippen MR) is 82.5 cm³/mol. The Labute approximate surface area is 133 Å². The lowest BCUT2D eigenvalue weighted by atomic mass is 10.2. The SMILES string of the molecule is O=[N+]([O-])c1ccc(-c2noc(CN(CC3CC3)C3CC3)n2)cc1. The van der Waals surface area contributed by atoms with Gasteiger partial charge in [0, 0.05) is 30.3 Å². The number of hydrogen-bond acceptors (Lipinski definition) is 6. The highest BCUT2D eigenvalue weighted by Crippen LogP contribution is 2.35. The number of hydrogen-bond donors (Lipinski definition) is 0. The Balaban J connectivity index is 1.46. The Hall–Kier alpha value is -2.28. The van der Waals surface area contributed by atoms with Crippen LogP contribution in [-0.2, 0) is 6.54 Å². The average molecular weight is 314 g/mol. The first-order chi connectivity index (χ1) is 11.2. The standard InChI is InChI=1S/C16H18N4O3/c21-20(22)14-5-3-12(4-6-14)16-17-15(23-18-16)10-19(13-7-8-13)9-11-1-2-11/h3-6,11,13H,1-2,7-10H2. The van der Waals surface area contributed by atoms with Gasteiger partial charge in [-0.2, -0.15) is 4.98 Å². The molecule has 7 heteroatoms. The maximum atomic E-state index is 10.7. The minimum absolute atomic E-state index is 0.0572. The third-order valence-corrected chi connectivity index (χ3v) is 4.40. The lowest BCUT2D eigenvalue weighted by Gasteiger charge is -2.19. The molecule has 120 valence electrons. The molecule has 0 amide bonds. The van der Waals surface area contributed by atoms with Crippen molar-refractivity contribution in [3.8, 4) is 11.4 Å². The summed E-state index contributed by atoms with van der Waals surface area (Å²) in [6.45, 7) is 1.82. The molecule has 1 aromatic heterocycles. The highest BCUT2D eigenvalue weighted by atomic mass is 16.6. The van der Waals surface area contributed by atoms with E-state index in [1.165, 1.54) is 37.8 Å². The van der Waals surface area contributed by atoms with Crippen molar-refractivity contribution in [3.63, 3.8) is 0 Å². The third kappa shape index (κ3) is 3.39. The van der Waals surface area contributed by atoms with Gasteiger partial charge >= 0.3 is 0 Å². The minimum Gasteiger partial charge on any atom is -0.338 e. The van der Waals surface area contributed by atoms with Gasteiger partial charge in [0.05, 0.1) is 11.5 Å². The summed E-state index contributed by atoms with van der Waals surface area (Å²) in [6.07, 6.45) is 5.19. The van der Waals surface area contributed by atoms with Gasteiger partial charge in [-0.25, -0.2) is 0 Å². The highest BCUT2D eigenvalue weighted by Gasteiger charge is 2.34. The number of nitro groups is 1. The van der Waals surface area contributed by atoms with Crippen LogP contribution in [0.2, 0.25) is 0 Å². The Morgan fingerprint density at radius 1 is 1.22 bits per heavy atom. The van der Waals surface area contributed by atoms with Gasteiger partial charge in [0.25, 0.3) is 5.69 Å². The molecule has 2 aliphatic rings. The predicted octanol–water partition coefficient (Wildman–Crippen LogP) is 3.02. The monoisotopic (exact) mass is 314 g/mol. The molecule has 0 spiro atoms. The number of nitro benzene ring substituents is 1. The zero-order chi connectivity index (χ0) is 15.8. The quantitative estimate of drug-likeness (QED) is 0.577. The maximum Gasteiger partial charge on any atom is 0.269 e. The van der Waals surface area contributed by atoms with Crippen LogP contribution < -0.4 is 0 Å². The van der Waals surface area contributed by atoms with Gasteiger partial charge in [-0.05, 0) is 43.7 Å². The molecule has 2 aromatic rings. The van der Waals surface area contributed by atoms with E-state index in [1.807, 2.05) is 0 Å². The van der Waals surface area contributed by atoms with Crippen LogP contribution in [0, 0.1) is 16.0 Å². The van der Waals surface area contributed by atoms with Crippen molar-refractivity contribution in [2.75, 3.05) is 6.54 Å². The first-order valence-electron chi connectivity index (χ1n) is 8.00. The second kappa shape index (κ2) is 5.73. The van der Waals surface area contributed by atoms with E-state index in [9.17, 15) is 10.1 Å². The largest absolute Gasteiger partial charge is 0.338 e. The van der Waals surface area contributed by atoms with Crippen molar-refractivity contribution < 1.29 is 9.45 Å². The fourth-order valence-corrected chi connectivity index (χ4v) is 2.76. The molecular formula is C16H18N4O3. The number of nitrogens with zero attached hydrogens (tertiary/aromatic N) is 4. The Morgan fingerprint density at radius 2 is 1.96 bits per heavy atom. The van der Waals surface area contributed by atoms with Gasteiger partial charge in [-0.1, -0.05) is 5.16 Å². The Bertz CT molecular complexity index is 704. The van der Waals surface area contributed by atoms with Crippen LogP contribution in [0.4, 0.5) is 5.69 Å². The number of benzene rings is 1. The van der Waals surface area contributed by atoms with Crippen LogP contribution >= 0.6 is 0 Å². The molecular weight excluding hydrogens is 296 g/mol. The van der Waals surface area contributed by atoms with Crippen LogP contribution in [0.25, 0.3) is 11.4 Å². The molecule has 2 aliphatic carbocycles. The molecule has 0 saturated heterocycles. The summed E-state index contributed by atoms with van der Waals surface area (Å²) < 4.78 is 5.37. The Morgan fingerprint density at radius 3 is 2.57 bits per heavy atom. The van der Waals surface area contributed by atoms with Crippen LogP contribution in [0.5, 0.6) is 0 Å². The van der Waals surface area contributed by atoms with Gasteiger partial charge in [0.2, 0.25) is 11.7 Å². The maximum absolute atomic E-state index is 10.7. The van der Waals surface area contributed by atoms with Crippen LogP contribution in [0.1, 0.15) is 31.6 Å². The van der Waals surface area contributed by atoms with E-state index < -0.39 is 4.92 Å². The molecule has 0 aliphatic heterocycles. The van der Waals surface area contributed by atoms with Crippen LogP contribution in [-0.4, -0.2) is 32.6 Å². The van der Waals surface area contributed by atoms with Crippen molar-refractivity contribution >= 4 is 5.69 Å². The van der Waals surface area contributed by atoms with E-state index in [1.54, 1.807) is 12.1 Å². The van der Waals surface area contributed by atoms with Crippen molar-refractivity contribution in [3.05, 3.63) is 40.3 Å². The summed E-state index contributed by atoms with van der Waals surface area (Å²) in [4.78, 5) is 17.2. The first-order valence-corrected chi connectivity index (χ1v) is 8.00. The molecule has 2 fully saturated rings. The van der Waals surface area contributed by atoms with E-state index in [0.717, 1.165) is 18.0 Å². The molecule has 23 heavy (non-hydrogen) atoms. The average Bonchev–Trinajstić information content (AvgIpc) is 3.46. The van der Waals surface area contributed by atoms with Gasteiger partial charge in [0.15, 0.2) is 0 Å². The number of non-ortho nitro benzene ring substituents is 1. The molecule has 4 rings (SSSR count). The molecule has 1 heterocycles. The van der Waals surface area contributed by atoms with E-state index in [2.05, 4.69) is 15.0 Å². The lowest BCUT2D eigenvalue weighted by molar-refractivity contribution is -0.384. The molecule has 0 N–H and O–H groups in total. The zero-order valence-corrected chi connectivity index (χ0v) is 12.7. The van der Waals surface area contributed by atoms with Crippen LogP contribution in [0.3, 0.4) is 0 Å². The molecule has 2 saturated carbocycles. The summed E-state index contributed by atoms with van der Waals surface area (Å²) in [6, 6.07) is 6.88. The van der Waals surface area contributed by atoms with Gasteiger partial charge in [-0.3, -0.25) is 15.0 Å². The van der Waals surface area contributed by atoms with Crippen LogP contribution in [0.15, 0.2) is 28.8 Å². The summed E-state index contributed by atoms with van der Waals surface area (Å²) in [5.74, 6) is 1.94. The summed E-state index contributed by atoms with van der Waals surface area (Å²) in [5.41, 5.74) is 0.785. The number of rotatable bonds is 7. The summed E-state index contributed by atoms with van der Waals surface area (Å²) in [7, 11) is 0. The fraction of sp³-hybridized carbons (Fsp3) is 0.500. The van der Waals surface area contributed by atoms with Gasteiger partial charge in [0.1, 0.15) is 0 Å². The van der Waals surface area contributed by atoms with Crippen molar-refractivity contribution in [2.45, 2.75) is 38.3 Å². The fourth-order valence-electron chi connectivity index (χ4n) is 2.76. The topological polar surface area (TPSA) is 85.3 Å². The highest BCUT2D eigenvalue weighted by molar-refractivity contribution is 5.56. The molecule has 7 nitrogen and oxygen atoms in total. The summed E-state index contributed by atoms with van der Waals surface area (Å²) in [5, 5.41) is 14.7. The van der Waals surface area contributed by atoms with E-state index in [-0.39, 0.29) is 5.69 Å². The van der Waals surface area contributed by atoms with Crippen molar-refractivity contribution in [2.24, 2.45) is 5.92 Å². The molecule has 0 bridgehead atoms.